The summed E-state index contributed by atoms with van der Waals surface area (Å²) in [6, 6.07) is 9.48. The molecule has 0 spiro atoms. The standard InChI is InChI=1S/C28H29F3N2O2/c1-3-28(31)13-18(14-28)15-33-16(2)10-20-19-6-4-5-7-23(19)32-26(20)27(33)25-21(29)11-17(12-22(25)30)8-9-24(34)35/h4-9,11-12,16,18,27,32H,3,10,13-15H2,1-2H3,(H,34,35)/b9-8+. The molecule has 184 valence electrons. The average molecular weight is 483 g/mol. The number of carboxylic acids is 1. The van der Waals surface area contributed by atoms with Gasteiger partial charge >= 0.3 is 5.97 Å². The van der Waals surface area contributed by atoms with Gasteiger partial charge in [0.05, 0.1) is 6.04 Å². The number of alkyl halides is 1. The first-order valence-electron chi connectivity index (χ1n) is 12.1. The Morgan fingerprint density at radius 3 is 2.57 bits per heavy atom. The number of para-hydroxylation sites is 1. The Labute approximate surface area is 202 Å². The third-order valence-corrected chi connectivity index (χ3v) is 7.72. The normalized spacial score (nSPS) is 26.7. The summed E-state index contributed by atoms with van der Waals surface area (Å²) in [6.07, 6.45) is 4.15. The van der Waals surface area contributed by atoms with E-state index in [9.17, 15) is 9.18 Å². The molecule has 1 fully saturated rings. The maximum atomic E-state index is 15.6. The first-order valence-corrected chi connectivity index (χ1v) is 12.1. The number of benzene rings is 2. The number of hydrogen-bond donors (Lipinski definition) is 2. The van der Waals surface area contributed by atoms with E-state index < -0.39 is 29.3 Å². The van der Waals surface area contributed by atoms with E-state index >= 15 is 8.78 Å². The van der Waals surface area contributed by atoms with Crippen LogP contribution < -0.4 is 0 Å². The molecule has 2 N–H and O–H groups in total. The minimum Gasteiger partial charge on any atom is -0.478 e. The Morgan fingerprint density at radius 1 is 1.23 bits per heavy atom. The Hall–Kier alpha value is -3.06. The molecule has 35 heavy (non-hydrogen) atoms. The first-order chi connectivity index (χ1) is 16.7. The zero-order chi connectivity index (χ0) is 24.9. The second-order valence-corrected chi connectivity index (χ2v) is 10.1. The molecular weight excluding hydrogens is 453 g/mol. The summed E-state index contributed by atoms with van der Waals surface area (Å²) >= 11 is 0. The van der Waals surface area contributed by atoms with Crippen LogP contribution in [0.15, 0.2) is 42.5 Å². The van der Waals surface area contributed by atoms with Crippen molar-refractivity contribution in [3.8, 4) is 0 Å². The van der Waals surface area contributed by atoms with E-state index in [1.807, 2.05) is 31.2 Å². The van der Waals surface area contributed by atoms with Gasteiger partial charge in [-0.05, 0) is 73.9 Å². The highest BCUT2D eigenvalue weighted by molar-refractivity contribution is 5.86. The van der Waals surface area contributed by atoms with Crippen molar-refractivity contribution in [1.29, 1.82) is 0 Å². The van der Waals surface area contributed by atoms with E-state index in [2.05, 4.69) is 16.8 Å². The minimum atomic E-state index is -1.19. The van der Waals surface area contributed by atoms with Gasteiger partial charge in [-0.15, -0.1) is 0 Å². The fourth-order valence-electron chi connectivity index (χ4n) is 5.92. The number of aliphatic carboxylic acids is 1. The highest BCUT2D eigenvalue weighted by Gasteiger charge is 2.46. The maximum absolute atomic E-state index is 15.6. The molecule has 4 nitrogen and oxygen atoms in total. The summed E-state index contributed by atoms with van der Waals surface area (Å²) in [5.41, 5.74) is 1.65. The molecule has 2 atom stereocenters. The molecule has 5 rings (SSSR count). The average Bonchev–Trinajstić information content (AvgIpc) is 3.15. The molecule has 3 aromatic rings. The summed E-state index contributed by atoms with van der Waals surface area (Å²) in [5.74, 6) is -2.53. The van der Waals surface area contributed by atoms with Crippen molar-refractivity contribution in [2.24, 2.45) is 5.92 Å². The Bertz CT molecular complexity index is 1290. The molecule has 0 bridgehead atoms. The molecule has 0 amide bonds. The lowest BCUT2D eigenvalue weighted by atomic mass is 9.70. The monoisotopic (exact) mass is 482 g/mol. The van der Waals surface area contributed by atoms with Crippen LogP contribution in [0.5, 0.6) is 0 Å². The fraction of sp³-hybridized carbons (Fsp3) is 0.393. The Morgan fingerprint density at radius 2 is 1.91 bits per heavy atom. The third-order valence-electron chi connectivity index (χ3n) is 7.72. The van der Waals surface area contributed by atoms with Crippen LogP contribution in [0, 0.1) is 17.6 Å². The van der Waals surface area contributed by atoms with Crippen molar-refractivity contribution in [1.82, 2.24) is 9.88 Å². The van der Waals surface area contributed by atoms with E-state index in [0.717, 1.165) is 34.7 Å². The molecule has 1 aliphatic carbocycles. The molecular formula is C28H29F3N2O2. The molecule has 2 aliphatic rings. The van der Waals surface area contributed by atoms with Gasteiger partial charge in [0.25, 0.3) is 0 Å². The number of carbonyl (C=O) groups is 1. The van der Waals surface area contributed by atoms with Gasteiger partial charge in [0.2, 0.25) is 0 Å². The van der Waals surface area contributed by atoms with Crippen LogP contribution >= 0.6 is 0 Å². The van der Waals surface area contributed by atoms with Gasteiger partial charge in [-0.1, -0.05) is 25.1 Å². The second-order valence-electron chi connectivity index (χ2n) is 10.1. The van der Waals surface area contributed by atoms with Crippen LogP contribution in [0.1, 0.15) is 61.5 Å². The lowest BCUT2D eigenvalue weighted by Gasteiger charge is -2.48. The van der Waals surface area contributed by atoms with Gasteiger partial charge in [-0.25, -0.2) is 18.0 Å². The molecule has 1 aromatic heterocycles. The SMILES string of the molecule is CCC1(F)CC(CN2C(C)Cc3c([nH]c4ccccc34)C2c2c(F)cc(/C=C/C(=O)O)cc2F)C1. The smallest absolute Gasteiger partial charge is 0.328 e. The van der Waals surface area contributed by atoms with Crippen LogP contribution in [0.25, 0.3) is 17.0 Å². The van der Waals surface area contributed by atoms with Crippen LogP contribution in [-0.2, 0) is 11.2 Å². The zero-order valence-corrected chi connectivity index (χ0v) is 19.8. The van der Waals surface area contributed by atoms with Crippen molar-refractivity contribution >= 4 is 22.9 Å². The number of fused-ring (bicyclic) bond motifs is 3. The second kappa shape index (κ2) is 8.86. The molecule has 2 aromatic carbocycles. The van der Waals surface area contributed by atoms with Crippen LogP contribution in [-0.4, -0.2) is 39.2 Å². The van der Waals surface area contributed by atoms with Crippen molar-refractivity contribution in [2.45, 2.75) is 57.3 Å². The topological polar surface area (TPSA) is 56.3 Å². The Balaban J connectivity index is 1.60. The van der Waals surface area contributed by atoms with Gasteiger partial charge in [0.1, 0.15) is 17.3 Å². The van der Waals surface area contributed by atoms with Gasteiger partial charge in [0.15, 0.2) is 0 Å². The molecule has 1 saturated carbocycles. The van der Waals surface area contributed by atoms with Gasteiger partial charge in [0, 0.05) is 40.8 Å². The summed E-state index contributed by atoms with van der Waals surface area (Å²) in [6.45, 7) is 4.45. The van der Waals surface area contributed by atoms with Crippen LogP contribution in [0.3, 0.4) is 0 Å². The number of nitrogens with one attached hydrogen (secondary N) is 1. The predicted molar refractivity (Wildman–Crippen MR) is 130 cm³/mol. The molecule has 2 unspecified atom stereocenters. The number of nitrogens with zero attached hydrogens (tertiary/aromatic N) is 1. The van der Waals surface area contributed by atoms with E-state index in [4.69, 9.17) is 5.11 Å². The van der Waals surface area contributed by atoms with Crippen molar-refractivity contribution in [3.63, 3.8) is 0 Å². The molecule has 0 saturated heterocycles. The molecule has 0 radical (unpaired) electrons. The highest BCUT2D eigenvalue weighted by Crippen LogP contribution is 2.48. The number of hydrogen-bond acceptors (Lipinski definition) is 2. The number of halogens is 3. The van der Waals surface area contributed by atoms with Crippen LogP contribution in [0.4, 0.5) is 13.2 Å². The van der Waals surface area contributed by atoms with Gasteiger partial charge in [-0.2, -0.15) is 0 Å². The first kappa shape index (κ1) is 23.7. The van der Waals surface area contributed by atoms with Crippen molar-refractivity contribution in [3.05, 3.63) is 76.5 Å². The highest BCUT2D eigenvalue weighted by atomic mass is 19.1. The van der Waals surface area contributed by atoms with E-state index in [-0.39, 0.29) is 23.1 Å². The summed E-state index contributed by atoms with van der Waals surface area (Å²) in [7, 11) is 0. The third kappa shape index (κ3) is 4.27. The summed E-state index contributed by atoms with van der Waals surface area (Å²) in [4.78, 5) is 16.4. The van der Waals surface area contributed by atoms with E-state index in [1.54, 1.807) is 0 Å². The summed E-state index contributed by atoms with van der Waals surface area (Å²) in [5, 5.41) is 9.91. The molecule has 2 heterocycles. The van der Waals surface area contributed by atoms with Gasteiger partial charge in [-0.3, -0.25) is 4.90 Å². The minimum absolute atomic E-state index is 0.00618. The number of aromatic amines is 1. The number of rotatable bonds is 6. The largest absolute Gasteiger partial charge is 0.478 e. The van der Waals surface area contributed by atoms with E-state index in [1.165, 1.54) is 18.2 Å². The van der Waals surface area contributed by atoms with E-state index in [0.29, 0.717) is 25.8 Å². The quantitative estimate of drug-likeness (QED) is 0.399. The zero-order valence-electron chi connectivity index (χ0n) is 19.8. The number of carboxylic acid groups (broad SMARTS) is 1. The molecule has 1 aliphatic heterocycles. The van der Waals surface area contributed by atoms with Crippen molar-refractivity contribution < 1.29 is 23.1 Å². The van der Waals surface area contributed by atoms with Crippen molar-refractivity contribution in [2.75, 3.05) is 6.54 Å². The Kier molecular flexibility index (Phi) is 5.99. The lowest BCUT2D eigenvalue weighted by molar-refractivity contribution is -0.131. The predicted octanol–water partition coefficient (Wildman–Crippen LogP) is 6.41. The maximum Gasteiger partial charge on any atom is 0.328 e. The lowest BCUT2D eigenvalue weighted by Crippen LogP contribution is -2.50. The van der Waals surface area contributed by atoms with Crippen LogP contribution in [0.2, 0.25) is 0 Å². The molecule has 7 heteroatoms. The number of aromatic nitrogens is 1. The number of H-pyrrole nitrogens is 1. The summed E-state index contributed by atoms with van der Waals surface area (Å²) < 4.78 is 45.8. The van der Waals surface area contributed by atoms with Gasteiger partial charge < -0.3 is 10.1 Å². The fourth-order valence-corrected chi connectivity index (χ4v) is 5.92.